The van der Waals surface area contributed by atoms with Gasteiger partial charge in [-0.05, 0) is 12.5 Å². The Labute approximate surface area is 112 Å². The largest absolute Gasteiger partial charge is 0.462 e. The molecule has 2 heterocycles. The molecule has 0 amide bonds. The summed E-state index contributed by atoms with van der Waals surface area (Å²) >= 11 is 0. The smallest absolute Gasteiger partial charge is 0.326 e. The highest BCUT2D eigenvalue weighted by atomic mass is 16.8. The second-order valence-corrected chi connectivity index (χ2v) is 4.66. The molecular formula is C14H17NO4. The SMILES string of the molecule is CCO[C@H]1C[C@@H]2C(=O)OC[C@@H](c3ccccc3)N2O1. The van der Waals surface area contributed by atoms with Crippen molar-refractivity contribution in [1.82, 2.24) is 5.06 Å². The van der Waals surface area contributed by atoms with Crippen molar-refractivity contribution in [3.05, 3.63) is 35.9 Å². The second-order valence-electron chi connectivity index (χ2n) is 4.66. The third-order valence-corrected chi connectivity index (χ3v) is 3.46. The molecule has 102 valence electrons. The molecule has 3 rings (SSSR count). The van der Waals surface area contributed by atoms with Crippen molar-refractivity contribution in [3.8, 4) is 0 Å². The van der Waals surface area contributed by atoms with Crippen LogP contribution >= 0.6 is 0 Å². The van der Waals surface area contributed by atoms with E-state index in [0.29, 0.717) is 19.6 Å². The quantitative estimate of drug-likeness (QED) is 0.776. The summed E-state index contributed by atoms with van der Waals surface area (Å²) in [6, 6.07) is 9.50. The van der Waals surface area contributed by atoms with Gasteiger partial charge in [-0.15, -0.1) is 0 Å². The Morgan fingerprint density at radius 3 is 2.84 bits per heavy atom. The van der Waals surface area contributed by atoms with Gasteiger partial charge in [-0.25, -0.2) is 0 Å². The van der Waals surface area contributed by atoms with Crippen LogP contribution in [0.4, 0.5) is 0 Å². The fraction of sp³-hybridized carbons (Fsp3) is 0.500. The van der Waals surface area contributed by atoms with Crippen LogP contribution in [-0.2, 0) is 19.1 Å². The Hall–Kier alpha value is -1.43. The van der Waals surface area contributed by atoms with E-state index >= 15 is 0 Å². The lowest BCUT2D eigenvalue weighted by Crippen LogP contribution is -2.46. The van der Waals surface area contributed by atoms with E-state index in [0.717, 1.165) is 5.56 Å². The lowest BCUT2D eigenvalue weighted by atomic mass is 10.0. The third-order valence-electron chi connectivity index (χ3n) is 3.46. The summed E-state index contributed by atoms with van der Waals surface area (Å²) in [6.07, 6.45) is 0.169. The molecule has 1 aromatic carbocycles. The minimum Gasteiger partial charge on any atom is -0.462 e. The summed E-state index contributed by atoms with van der Waals surface area (Å²) < 4.78 is 10.7. The standard InChI is InChI=1S/C14H17NO4/c1-2-17-13-8-11-14(16)18-9-12(15(11)19-13)10-6-4-3-5-7-10/h3-7,11-13H,2,8-9H2,1H3/t11-,12+,13-/m1/s1. The van der Waals surface area contributed by atoms with E-state index in [4.69, 9.17) is 14.3 Å². The summed E-state index contributed by atoms with van der Waals surface area (Å²) in [5.74, 6) is -0.227. The van der Waals surface area contributed by atoms with E-state index in [1.54, 1.807) is 5.06 Å². The number of ether oxygens (including phenoxy) is 2. The molecule has 0 radical (unpaired) electrons. The van der Waals surface area contributed by atoms with Gasteiger partial charge >= 0.3 is 5.97 Å². The topological polar surface area (TPSA) is 48.0 Å². The molecule has 2 aliphatic rings. The summed E-state index contributed by atoms with van der Waals surface area (Å²) in [5.41, 5.74) is 1.08. The first-order chi connectivity index (χ1) is 9.29. The van der Waals surface area contributed by atoms with Gasteiger partial charge in [0.05, 0.1) is 6.04 Å². The second kappa shape index (κ2) is 5.28. The number of cyclic esters (lactones) is 1. The number of morpholine rings is 1. The van der Waals surface area contributed by atoms with Crippen molar-refractivity contribution >= 4 is 5.97 Å². The molecule has 2 fully saturated rings. The molecule has 2 aliphatic heterocycles. The lowest BCUT2D eigenvalue weighted by molar-refractivity contribution is -0.270. The molecule has 0 aliphatic carbocycles. The molecule has 0 bridgehead atoms. The highest BCUT2D eigenvalue weighted by molar-refractivity contribution is 5.76. The van der Waals surface area contributed by atoms with E-state index in [1.807, 2.05) is 37.3 Å². The minimum atomic E-state index is -0.365. The first-order valence-electron chi connectivity index (χ1n) is 6.58. The fourth-order valence-corrected chi connectivity index (χ4v) is 2.56. The summed E-state index contributed by atoms with van der Waals surface area (Å²) in [5, 5.41) is 1.74. The Bertz CT molecular complexity index is 450. The van der Waals surface area contributed by atoms with E-state index in [2.05, 4.69) is 0 Å². The molecular weight excluding hydrogens is 246 g/mol. The molecule has 3 atom stereocenters. The van der Waals surface area contributed by atoms with Gasteiger partial charge in [-0.2, -0.15) is 5.06 Å². The van der Waals surface area contributed by atoms with E-state index in [1.165, 1.54) is 0 Å². The Balaban J connectivity index is 1.82. The Morgan fingerprint density at radius 1 is 1.32 bits per heavy atom. The number of benzene rings is 1. The van der Waals surface area contributed by atoms with Crippen LogP contribution < -0.4 is 0 Å². The number of fused-ring (bicyclic) bond motifs is 1. The van der Waals surface area contributed by atoms with Crippen LogP contribution in [0.25, 0.3) is 0 Å². The van der Waals surface area contributed by atoms with Crippen LogP contribution in [0.1, 0.15) is 24.9 Å². The number of nitrogens with zero attached hydrogens (tertiary/aromatic N) is 1. The monoisotopic (exact) mass is 263 g/mol. The van der Waals surface area contributed by atoms with Crippen LogP contribution in [0.2, 0.25) is 0 Å². The van der Waals surface area contributed by atoms with Gasteiger partial charge < -0.3 is 9.47 Å². The molecule has 0 unspecified atom stereocenters. The molecule has 0 saturated carbocycles. The number of carbonyl (C=O) groups excluding carboxylic acids is 1. The van der Waals surface area contributed by atoms with Gasteiger partial charge in [0.15, 0.2) is 6.29 Å². The maximum absolute atomic E-state index is 11.8. The Morgan fingerprint density at radius 2 is 2.11 bits per heavy atom. The van der Waals surface area contributed by atoms with E-state index in [9.17, 15) is 4.79 Å². The summed E-state index contributed by atoms with van der Waals surface area (Å²) in [7, 11) is 0. The molecule has 5 nitrogen and oxygen atoms in total. The number of hydrogen-bond acceptors (Lipinski definition) is 5. The first-order valence-corrected chi connectivity index (χ1v) is 6.58. The van der Waals surface area contributed by atoms with Crippen LogP contribution in [0.15, 0.2) is 30.3 Å². The Kier molecular flexibility index (Phi) is 3.50. The molecule has 0 aromatic heterocycles. The zero-order valence-electron chi connectivity index (χ0n) is 10.8. The molecule has 1 aromatic rings. The van der Waals surface area contributed by atoms with Crippen molar-refractivity contribution in [3.63, 3.8) is 0 Å². The number of hydroxylamine groups is 2. The van der Waals surface area contributed by atoms with Gasteiger partial charge in [0.1, 0.15) is 12.6 Å². The van der Waals surface area contributed by atoms with Crippen LogP contribution in [-0.4, -0.2) is 36.6 Å². The van der Waals surface area contributed by atoms with Crippen molar-refractivity contribution in [2.75, 3.05) is 13.2 Å². The van der Waals surface area contributed by atoms with Gasteiger partial charge in [-0.3, -0.25) is 9.63 Å². The molecule has 19 heavy (non-hydrogen) atoms. The van der Waals surface area contributed by atoms with Gasteiger partial charge in [0.25, 0.3) is 0 Å². The lowest BCUT2D eigenvalue weighted by Gasteiger charge is -2.34. The molecule has 0 N–H and O–H groups in total. The summed E-state index contributed by atoms with van der Waals surface area (Å²) in [4.78, 5) is 17.6. The highest BCUT2D eigenvalue weighted by Crippen LogP contribution is 2.35. The average Bonchev–Trinajstić information content (AvgIpc) is 2.85. The third kappa shape index (κ3) is 2.36. The van der Waals surface area contributed by atoms with Gasteiger partial charge in [0, 0.05) is 13.0 Å². The zero-order chi connectivity index (χ0) is 13.2. The maximum Gasteiger partial charge on any atom is 0.326 e. The van der Waals surface area contributed by atoms with E-state index < -0.39 is 0 Å². The summed E-state index contributed by atoms with van der Waals surface area (Å²) in [6.45, 7) is 2.79. The predicted octanol–water partition coefficient (Wildman–Crippen LogP) is 1.65. The molecule has 2 saturated heterocycles. The number of hydrogen-bond donors (Lipinski definition) is 0. The zero-order valence-corrected chi connectivity index (χ0v) is 10.8. The van der Waals surface area contributed by atoms with Crippen molar-refractivity contribution in [1.29, 1.82) is 0 Å². The molecule has 0 spiro atoms. The first kappa shape index (κ1) is 12.6. The van der Waals surface area contributed by atoms with Gasteiger partial charge in [0.2, 0.25) is 0 Å². The highest BCUT2D eigenvalue weighted by Gasteiger charge is 2.47. The minimum absolute atomic E-state index is 0.0608. The number of carbonyl (C=O) groups is 1. The van der Waals surface area contributed by atoms with Crippen LogP contribution in [0, 0.1) is 0 Å². The number of esters is 1. The van der Waals surface area contributed by atoms with Crippen molar-refractivity contribution in [2.24, 2.45) is 0 Å². The van der Waals surface area contributed by atoms with Gasteiger partial charge in [-0.1, -0.05) is 30.3 Å². The number of rotatable bonds is 3. The van der Waals surface area contributed by atoms with Crippen LogP contribution in [0.3, 0.4) is 0 Å². The molecule has 5 heteroatoms. The van der Waals surface area contributed by atoms with E-state index in [-0.39, 0.29) is 24.3 Å². The van der Waals surface area contributed by atoms with Crippen molar-refractivity contribution < 1.29 is 19.1 Å². The van der Waals surface area contributed by atoms with Crippen LogP contribution in [0.5, 0.6) is 0 Å². The fourth-order valence-electron chi connectivity index (χ4n) is 2.56. The average molecular weight is 263 g/mol. The van der Waals surface area contributed by atoms with Crippen molar-refractivity contribution in [2.45, 2.75) is 31.7 Å². The normalized spacial score (nSPS) is 31.0. The predicted molar refractivity (Wildman–Crippen MR) is 66.9 cm³/mol. The maximum atomic E-state index is 11.8.